The molecule has 112 valence electrons. The summed E-state index contributed by atoms with van der Waals surface area (Å²) in [7, 11) is 0. The second kappa shape index (κ2) is 7.56. The van der Waals surface area contributed by atoms with Gasteiger partial charge in [-0.3, -0.25) is 0 Å². The largest absolute Gasteiger partial charge is 0.310 e. The summed E-state index contributed by atoms with van der Waals surface area (Å²) in [6.07, 6.45) is 6.71. The second-order valence-corrected chi connectivity index (χ2v) is 7.18. The van der Waals surface area contributed by atoms with Gasteiger partial charge in [0.05, 0.1) is 0 Å². The lowest BCUT2D eigenvalue weighted by molar-refractivity contribution is 0.265. The van der Waals surface area contributed by atoms with Gasteiger partial charge in [0.15, 0.2) is 0 Å². The van der Waals surface area contributed by atoms with Gasteiger partial charge in [0.2, 0.25) is 0 Å². The first kappa shape index (κ1) is 16.0. The molecule has 1 aliphatic rings. The Hall–Kier alpha value is -0.410. The number of nitrogens with one attached hydrogen (secondary N) is 1. The second-order valence-electron chi connectivity index (χ2n) is 6.27. The molecule has 3 unspecified atom stereocenters. The van der Waals surface area contributed by atoms with Gasteiger partial charge in [-0.2, -0.15) is 0 Å². The molecule has 1 aliphatic carbocycles. The van der Waals surface area contributed by atoms with Crippen LogP contribution in [0, 0.1) is 17.7 Å². The molecule has 3 heteroatoms. The average Bonchev–Trinajstić information content (AvgIpc) is 2.41. The molecule has 2 rings (SSSR count). The van der Waals surface area contributed by atoms with Crippen molar-refractivity contribution in [1.82, 2.24) is 5.32 Å². The third kappa shape index (κ3) is 4.56. The predicted molar refractivity (Wildman–Crippen MR) is 86.3 cm³/mol. The summed E-state index contributed by atoms with van der Waals surface area (Å²) in [4.78, 5) is 0. The highest BCUT2D eigenvalue weighted by Crippen LogP contribution is 2.30. The van der Waals surface area contributed by atoms with Crippen LogP contribution in [0.15, 0.2) is 22.7 Å². The number of halogens is 2. The lowest BCUT2D eigenvalue weighted by Crippen LogP contribution is -2.24. The Morgan fingerprint density at radius 2 is 2.20 bits per heavy atom. The first-order valence-corrected chi connectivity index (χ1v) is 8.54. The molecule has 0 radical (unpaired) electrons. The van der Waals surface area contributed by atoms with Crippen LogP contribution >= 0.6 is 15.9 Å². The third-order valence-electron chi connectivity index (χ3n) is 4.47. The van der Waals surface area contributed by atoms with Crippen molar-refractivity contribution in [2.75, 3.05) is 6.54 Å². The minimum atomic E-state index is -0.125. The molecule has 1 nitrogen and oxygen atoms in total. The van der Waals surface area contributed by atoms with Gasteiger partial charge in [-0.1, -0.05) is 42.1 Å². The van der Waals surface area contributed by atoms with E-state index in [4.69, 9.17) is 0 Å². The summed E-state index contributed by atoms with van der Waals surface area (Å²) in [5.74, 6) is 1.61. The van der Waals surface area contributed by atoms with Crippen molar-refractivity contribution >= 4 is 15.9 Å². The Morgan fingerprint density at radius 1 is 1.40 bits per heavy atom. The highest BCUT2D eigenvalue weighted by Gasteiger charge is 2.19. The van der Waals surface area contributed by atoms with Crippen LogP contribution in [-0.4, -0.2) is 6.54 Å². The fraction of sp³-hybridized carbons (Fsp3) is 0.647. The molecule has 3 atom stereocenters. The van der Waals surface area contributed by atoms with Crippen molar-refractivity contribution < 1.29 is 4.39 Å². The minimum Gasteiger partial charge on any atom is -0.310 e. The molecule has 0 heterocycles. The maximum absolute atomic E-state index is 13.8. The zero-order valence-corrected chi connectivity index (χ0v) is 14.0. The van der Waals surface area contributed by atoms with Gasteiger partial charge >= 0.3 is 0 Å². The molecule has 0 amide bonds. The van der Waals surface area contributed by atoms with E-state index in [1.54, 1.807) is 6.07 Å². The number of hydrogen-bond donors (Lipinski definition) is 1. The lowest BCUT2D eigenvalue weighted by Gasteiger charge is -2.27. The first-order chi connectivity index (χ1) is 9.56. The molecule has 1 N–H and O–H groups in total. The van der Waals surface area contributed by atoms with E-state index in [2.05, 4.69) is 28.2 Å². The number of rotatable bonds is 5. The van der Waals surface area contributed by atoms with E-state index in [-0.39, 0.29) is 11.9 Å². The molecule has 1 aromatic carbocycles. The molecule has 0 spiro atoms. The molecule has 1 aromatic rings. The molecular weight excluding hydrogens is 317 g/mol. The van der Waals surface area contributed by atoms with Crippen LogP contribution in [-0.2, 0) is 0 Å². The lowest BCUT2D eigenvalue weighted by atomic mass is 9.81. The third-order valence-corrected chi connectivity index (χ3v) is 4.97. The highest BCUT2D eigenvalue weighted by molar-refractivity contribution is 9.10. The fourth-order valence-corrected chi connectivity index (χ4v) is 3.66. The first-order valence-electron chi connectivity index (χ1n) is 7.74. The number of benzene rings is 1. The summed E-state index contributed by atoms with van der Waals surface area (Å²) in [6, 6.07) is 5.21. The summed E-state index contributed by atoms with van der Waals surface area (Å²) in [5, 5.41) is 3.47. The zero-order chi connectivity index (χ0) is 14.5. The van der Waals surface area contributed by atoms with Crippen molar-refractivity contribution in [3.63, 3.8) is 0 Å². The van der Waals surface area contributed by atoms with Gasteiger partial charge in [0.25, 0.3) is 0 Å². The quantitative estimate of drug-likeness (QED) is 0.750. The van der Waals surface area contributed by atoms with Gasteiger partial charge in [-0.25, -0.2) is 4.39 Å². The standard InChI is InChI=1S/C17H25BrFN/c1-12-4-3-5-14(10-12)8-9-20-13(2)16-11-15(18)6-7-17(16)19/h6-7,11-14,20H,3-5,8-10H2,1-2H3. The van der Waals surface area contributed by atoms with Crippen LogP contribution < -0.4 is 5.32 Å². The van der Waals surface area contributed by atoms with E-state index in [1.807, 2.05) is 13.0 Å². The monoisotopic (exact) mass is 341 g/mol. The fourth-order valence-electron chi connectivity index (χ4n) is 3.28. The summed E-state index contributed by atoms with van der Waals surface area (Å²) < 4.78 is 14.7. The van der Waals surface area contributed by atoms with E-state index < -0.39 is 0 Å². The van der Waals surface area contributed by atoms with Gasteiger partial charge in [-0.05, 0) is 56.3 Å². The Bertz CT molecular complexity index is 435. The molecule has 1 fully saturated rings. The smallest absolute Gasteiger partial charge is 0.128 e. The molecule has 1 saturated carbocycles. The zero-order valence-electron chi connectivity index (χ0n) is 12.5. The van der Waals surface area contributed by atoms with Gasteiger partial charge < -0.3 is 5.32 Å². The normalized spacial score (nSPS) is 24.6. The molecule has 0 aliphatic heterocycles. The van der Waals surface area contributed by atoms with Crippen molar-refractivity contribution in [2.24, 2.45) is 11.8 Å². The SMILES string of the molecule is CC1CCCC(CCNC(C)c2cc(Br)ccc2F)C1. The predicted octanol–water partition coefficient (Wildman–Crippen LogP) is 5.46. The molecular formula is C17H25BrFN. The van der Waals surface area contributed by atoms with Crippen LogP contribution in [0.5, 0.6) is 0 Å². The van der Waals surface area contributed by atoms with Crippen molar-refractivity contribution in [1.29, 1.82) is 0 Å². The van der Waals surface area contributed by atoms with Crippen LogP contribution in [0.2, 0.25) is 0 Å². The molecule has 0 saturated heterocycles. The minimum absolute atomic E-state index is 0.0634. The van der Waals surface area contributed by atoms with Crippen molar-refractivity contribution in [3.8, 4) is 0 Å². The van der Waals surface area contributed by atoms with Crippen LogP contribution in [0.4, 0.5) is 4.39 Å². The van der Waals surface area contributed by atoms with E-state index >= 15 is 0 Å². The van der Waals surface area contributed by atoms with Gasteiger partial charge in [0.1, 0.15) is 5.82 Å². The van der Waals surface area contributed by atoms with Gasteiger partial charge in [-0.15, -0.1) is 0 Å². The highest BCUT2D eigenvalue weighted by atomic mass is 79.9. The molecule has 0 aromatic heterocycles. The molecule has 20 heavy (non-hydrogen) atoms. The Balaban J connectivity index is 1.80. The van der Waals surface area contributed by atoms with E-state index in [0.29, 0.717) is 0 Å². The number of hydrogen-bond acceptors (Lipinski definition) is 1. The topological polar surface area (TPSA) is 12.0 Å². The van der Waals surface area contributed by atoms with Crippen molar-refractivity contribution in [3.05, 3.63) is 34.1 Å². The summed E-state index contributed by atoms with van der Waals surface area (Å²) in [5.41, 5.74) is 0.747. The van der Waals surface area contributed by atoms with E-state index in [1.165, 1.54) is 38.2 Å². The van der Waals surface area contributed by atoms with Crippen molar-refractivity contribution in [2.45, 2.75) is 52.0 Å². The van der Waals surface area contributed by atoms with E-state index in [0.717, 1.165) is 28.4 Å². The van der Waals surface area contributed by atoms with Crippen LogP contribution in [0.25, 0.3) is 0 Å². The maximum Gasteiger partial charge on any atom is 0.128 e. The Morgan fingerprint density at radius 3 is 2.95 bits per heavy atom. The Labute approximate surface area is 130 Å². The van der Waals surface area contributed by atoms with Crippen LogP contribution in [0.1, 0.15) is 57.6 Å². The summed E-state index contributed by atoms with van der Waals surface area (Å²) in [6.45, 7) is 5.37. The average molecular weight is 342 g/mol. The Kier molecular flexibility index (Phi) is 6.03. The molecule has 0 bridgehead atoms. The van der Waals surface area contributed by atoms with Crippen LogP contribution in [0.3, 0.4) is 0 Å². The maximum atomic E-state index is 13.8. The van der Waals surface area contributed by atoms with Gasteiger partial charge in [0, 0.05) is 16.1 Å². The summed E-state index contributed by atoms with van der Waals surface area (Å²) >= 11 is 3.41. The van der Waals surface area contributed by atoms with E-state index in [9.17, 15) is 4.39 Å².